The van der Waals surface area contributed by atoms with Gasteiger partial charge in [0.2, 0.25) is 0 Å². The fourth-order valence-electron chi connectivity index (χ4n) is 4.26. The van der Waals surface area contributed by atoms with Crippen molar-refractivity contribution in [2.45, 2.75) is 45.5 Å². The molecule has 0 bridgehead atoms. The SMILES string of the molecule is Cc1nc(C)c(CNC2CCN(CCN3c4cc(F)cnc4C=CC3O)CC2)cc1F. The summed E-state index contributed by atoms with van der Waals surface area (Å²) >= 11 is 0. The number of anilines is 1. The lowest BCUT2D eigenvalue weighted by molar-refractivity contribution is 0.181. The Labute approximate surface area is 181 Å². The van der Waals surface area contributed by atoms with Gasteiger partial charge in [0.05, 0.1) is 23.3 Å². The highest BCUT2D eigenvalue weighted by Gasteiger charge is 2.24. The molecule has 8 heteroatoms. The van der Waals surface area contributed by atoms with E-state index in [1.54, 1.807) is 30.0 Å². The predicted octanol–water partition coefficient (Wildman–Crippen LogP) is 2.78. The number of halogens is 2. The van der Waals surface area contributed by atoms with Crippen LogP contribution in [0.15, 0.2) is 24.4 Å². The highest BCUT2D eigenvalue weighted by molar-refractivity contribution is 5.68. The molecular weight excluding hydrogens is 400 g/mol. The highest BCUT2D eigenvalue weighted by atomic mass is 19.1. The molecule has 0 saturated carbocycles. The Bertz CT molecular complexity index is 959. The molecule has 2 aromatic heterocycles. The van der Waals surface area contributed by atoms with Gasteiger partial charge >= 0.3 is 0 Å². The van der Waals surface area contributed by atoms with Crippen molar-refractivity contribution >= 4 is 11.8 Å². The first kappa shape index (κ1) is 21.8. The van der Waals surface area contributed by atoms with E-state index in [9.17, 15) is 13.9 Å². The summed E-state index contributed by atoms with van der Waals surface area (Å²) in [6.07, 6.45) is 5.81. The number of aliphatic hydroxyl groups is 1. The van der Waals surface area contributed by atoms with E-state index in [0.717, 1.165) is 43.7 Å². The third-order valence-corrected chi connectivity index (χ3v) is 6.19. The van der Waals surface area contributed by atoms with Gasteiger partial charge in [-0.15, -0.1) is 0 Å². The molecule has 31 heavy (non-hydrogen) atoms. The fraction of sp³-hybridized carbons (Fsp3) is 0.478. The molecule has 1 unspecified atom stereocenters. The molecule has 2 N–H and O–H groups in total. The minimum atomic E-state index is -0.776. The summed E-state index contributed by atoms with van der Waals surface area (Å²) in [5, 5.41) is 13.9. The largest absolute Gasteiger partial charge is 0.370 e. The van der Waals surface area contributed by atoms with Crippen LogP contribution < -0.4 is 10.2 Å². The lowest BCUT2D eigenvalue weighted by atomic mass is 10.0. The second kappa shape index (κ2) is 9.38. The Morgan fingerprint density at radius 1 is 1.13 bits per heavy atom. The number of nitrogens with zero attached hydrogens (tertiary/aromatic N) is 4. The number of nitrogens with one attached hydrogen (secondary N) is 1. The minimum absolute atomic E-state index is 0.261. The maximum Gasteiger partial charge on any atom is 0.146 e. The quantitative estimate of drug-likeness (QED) is 0.736. The molecule has 6 nitrogen and oxygen atoms in total. The van der Waals surface area contributed by atoms with Gasteiger partial charge in [0.15, 0.2) is 0 Å². The number of fused-ring (bicyclic) bond motifs is 1. The number of aliphatic hydroxyl groups excluding tert-OH is 1. The zero-order valence-corrected chi connectivity index (χ0v) is 18.0. The molecule has 1 fully saturated rings. The van der Waals surface area contributed by atoms with Gasteiger partial charge in [-0.25, -0.2) is 8.78 Å². The molecule has 0 spiro atoms. The van der Waals surface area contributed by atoms with E-state index >= 15 is 0 Å². The van der Waals surface area contributed by atoms with Crippen LogP contribution >= 0.6 is 0 Å². The summed E-state index contributed by atoms with van der Waals surface area (Å²) in [4.78, 5) is 12.5. The Balaban J connectivity index is 1.26. The number of hydrogen-bond donors (Lipinski definition) is 2. The zero-order chi connectivity index (χ0) is 22.0. The van der Waals surface area contributed by atoms with Gasteiger partial charge in [0, 0.05) is 37.4 Å². The molecule has 2 aliphatic heterocycles. The summed E-state index contributed by atoms with van der Waals surface area (Å²) < 4.78 is 27.5. The van der Waals surface area contributed by atoms with E-state index in [2.05, 4.69) is 20.2 Å². The van der Waals surface area contributed by atoms with E-state index in [-0.39, 0.29) is 5.82 Å². The topological polar surface area (TPSA) is 64.5 Å². The van der Waals surface area contributed by atoms with Crippen LogP contribution in [0.3, 0.4) is 0 Å². The maximum absolute atomic E-state index is 13.8. The lowest BCUT2D eigenvalue weighted by Crippen LogP contribution is -2.46. The monoisotopic (exact) mass is 429 g/mol. The number of hydrogen-bond acceptors (Lipinski definition) is 6. The first-order valence-electron chi connectivity index (χ1n) is 10.8. The molecule has 4 rings (SSSR count). The normalized spacial score (nSPS) is 19.6. The van der Waals surface area contributed by atoms with Gasteiger partial charge in [-0.3, -0.25) is 9.97 Å². The lowest BCUT2D eigenvalue weighted by Gasteiger charge is -2.36. The average molecular weight is 430 g/mol. The number of likely N-dealkylation sites (tertiary alicyclic amines) is 1. The Kier molecular flexibility index (Phi) is 6.60. The van der Waals surface area contributed by atoms with Crippen LogP contribution in [0.1, 0.15) is 35.5 Å². The first-order chi connectivity index (χ1) is 14.9. The summed E-state index contributed by atoms with van der Waals surface area (Å²) in [6.45, 7) is 7.45. The molecule has 4 heterocycles. The van der Waals surface area contributed by atoms with Crippen molar-refractivity contribution in [3.8, 4) is 0 Å². The van der Waals surface area contributed by atoms with Gasteiger partial charge in [-0.2, -0.15) is 0 Å². The van der Waals surface area contributed by atoms with Gasteiger partial charge < -0.3 is 20.2 Å². The third-order valence-electron chi connectivity index (χ3n) is 6.19. The standard InChI is InChI=1S/C23H29F2N5O/c1-15-17(11-20(25)16(2)28-15)13-26-19-5-7-29(8-6-19)9-10-30-22-12-18(24)14-27-21(22)3-4-23(30)31/h3-4,11-12,14,19,23,26,31H,5-10,13H2,1-2H3. The summed E-state index contributed by atoms with van der Waals surface area (Å²) in [6, 6.07) is 3.38. The molecule has 1 atom stereocenters. The van der Waals surface area contributed by atoms with Crippen LogP contribution in [-0.2, 0) is 6.54 Å². The van der Waals surface area contributed by atoms with Gasteiger partial charge in [0.1, 0.15) is 17.9 Å². The van der Waals surface area contributed by atoms with Gasteiger partial charge in [-0.1, -0.05) is 0 Å². The summed E-state index contributed by atoms with van der Waals surface area (Å²) in [5.74, 6) is -0.666. The summed E-state index contributed by atoms with van der Waals surface area (Å²) in [5.41, 5.74) is 3.50. The van der Waals surface area contributed by atoms with Crippen LogP contribution in [0, 0.1) is 25.5 Å². The van der Waals surface area contributed by atoms with E-state index in [0.29, 0.717) is 36.2 Å². The van der Waals surface area contributed by atoms with Crippen LogP contribution in [0.4, 0.5) is 14.5 Å². The van der Waals surface area contributed by atoms with Gasteiger partial charge in [-0.05, 0) is 63.6 Å². The molecule has 1 saturated heterocycles. The van der Waals surface area contributed by atoms with E-state index < -0.39 is 12.0 Å². The third kappa shape index (κ3) is 5.08. The number of aryl methyl sites for hydroxylation is 2. The van der Waals surface area contributed by atoms with Crippen LogP contribution in [0.5, 0.6) is 0 Å². The van der Waals surface area contributed by atoms with Crippen LogP contribution in [0.25, 0.3) is 6.08 Å². The predicted molar refractivity (Wildman–Crippen MR) is 117 cm³/mol. The number of pyridine rings is 2. The second-order valence-corrected chi connectivity index (χ2v) is 8.32. The smallest absolute Gasteiger partial charge is 0.146 e. The van der Waals surface area contributed by atoms with E-state index in [1.807, 2.05) is 6.92 Å². The van der Waals surface area contributed by atoms with Crippen molar-refractivity contribution in [3.63, 3.8) is 0 Å². The maximum atomic E-state index is 13.8. The molecule has 0 aromatic carbocycles. The Hall–Kier alpha value is -2.42. The van der Waals surface area contributed by atoms with Gasteiger partial charge in [0.25, 0.3) is 0 Å². The van der Waals surface area contributed by atoms with Crippen molar-refractivity contribution in [2.75, 3.05) is 31.1 Å². The van der Waals surface area contributed by atoms with Crippen LogP contribution in [0.2, 0.25) is 0 Å². The Morgan fingerprint density at radius 3 is 2.68 bits per heavy atom. The molecule has 2 aromatic rings. The number of rotatable bonds is 6. The van der Waals surface area contributed by atoms with E-state index in [1.165, 1.54) is 12.3 Å². The number of aromatic nitrogens is 2. The second-order valence-electron chi connectivity index (χ2n) is 8.32. The van der Waals surface area contributed by atoms with Crippen molar-refractivity contribution in [1.29, 1.82) is 0 Å². The molecule has 0 radical (unpaired) electrons. The van der Waals surface area contributed by atoms with Crippen molar-refractivity contribution in [3.05, 3.63) is 58.7 Å². The molecule has 2 aliphatic rings. The van der Waals surface area contributed by atoms with Crippen molar-refractivity contribution in [1.82, 2.24) is 20.2 Å². The minimum Gasteiger partial charge on any atom is -0.370 e. The van der Waals surface area contributed by atoms with Crippen LogP contribution in [-0.4, -0.2) is 58.4 Å². The molecular formula is C23H29F2N5O. The molecule has 166 valence electrons. The highest BCUT2D eigenvalue weighted by Crippen LogP contribution is 2.27. The van der Waals surface area contributed by atoms with E-state index in [4.69, 9.17) is 0 Å². The Morgan fingerprint density at radius 2 is 1.90 bits per heavy atom. The first-order valence-corrected chi connectivity index (χ1v) is 10.8. The molecule has 0 amide bonds. The van der Waals surface area contributed by atoms with Crippen molar-refractivity contribution < 1.29 is 13.9 Å². The zero-order valence-electron chi connectivity index (χ0n) is 18.0. The molecule has 0 aliphatic carbocycles. The number of piperidine rings is 1. The average Bonchev–Trinajstić information content (AvgIpc) is 2.75. The fourth-order valence-corrected chi connectivity index (χ4v) is 4.26. The van der Waals surface area contributed by atoms with Crippen molar-refractivity contribution in [2.24, 2.45) is 0 Å². The summed E-state index contributed by atoms with van der Waals surface area (Å²) in [7, 11) is 0.